The van der Waals surface area contributed by atoms with E-state index >= 15 is 0 Å². The first kappa shape index (κ1) is 15.5. The summed E-state index contributed by atoms with van der Waals surface area (Å²) in [5, 5.41) is 2.12. The Hall–Kier alpha value is -0.860. The molecule has 0 radical (unpaired) electrons. The average Bonchev–Trinajstić information content (AvgIpc) is 2.40. The van der Waals surface area contributed by atoms with Gasteiger partial charge in [-0.15, -0.1) is 0 Å². The molecular weight excluding hydrogens is 338 g/mol. The van der Waals surface area contributed by atoms with Crippen molar-refractivity contribution in [3.63, 3.8) is 0 Å². The highest BCUT2D eigenvalue weighted by Gasteiger charge is 2.07. The Balaban J connectivity index is 2.42. The number of hydrogen-bond acceptors (Lipinski definition) is 1. The molecule has 0 spiro atoms. The molecular formula is C15H10Cl4O. The normalized spacial score (nSPS) is 11.1. The van der Waals surface area contributed by atoms with E-state index in [1.54, 1.807) is 49.6 Å². The van der Waals surface area contributed by atoms with Gasteiger partial charge in [-0.2, -0.15) is 0 Å². The zero-order valence-corrected chi connectivity index (χ0v) is 13.5. The molecule has 2 aromatic rings. The van der Waals surface area contributed by atoms with Gasteiger partial charge in [-0.25, -0.2) is 0 Å². The summed E-state index contributed by atoms with van der Waals surface area (Å²) in [6.45, 7) is 0. The van der Waals surface area contributed by atoms with Gasteiger partial charge in [-0.1, -0.05) is 64.6 Å². The number of ether oxygens (including phenoxy) is 1. The maximum absolute atomic E-state index is 6.18. The molecule has 0 aliphatic heterocycles. The minimum atomic E-state index is 0.494. The molecule has 0 N–H and O–H groups in total. The van der Waals surface area contributed by atoms with E-state index in [0.717, 1.165) is 5.56 Å². The van der Waals surface area contributed by atoms with Crippen LogP contribution in [0.15, 0.2) is 30.3 Å². The monoisotopic (exact) mass is 346 g/mol. The van der Waals surface area contributed by atoms with Crippen LogP contribution >= 0.6 is 46.4 Å². The molecule has 0 fully saturated rings. The summed E-state index contributed by atoms with van der Waals surface area (Å²) in [6, 6.07) is 8.71. The van der Waals surface area contributed by atoms with Crippen molar-refractivity contribution in [2.45, 2.75) is 0 Å². The summed E-state index contributed by atoms with van der Waals surface area (Å²) < 4.78 is 5.10. The summed E-state index contributed by atoms with van der Waals surface area (Å²) in [5.41, 5.74) is 1.41. The lowest BCUT2D eigenvalue weighted by atomic mass is 10.1. The highest BCUT2D eigenvalue weighted by molar-refractivity contribution is 6.38. The Morgan fingerprint density at radius 3 is 1.70 bits per heavy atom. The van der Waals surface area contributed by atoms with Gasteiger partial charge in [0, 0.05) is 21.2 Å². The van der Waals surface area contributed by atoms with Gasteiger partial charge in [-0.3, -0.25) is 0 Å². The first-order valence-corrected chi connectivity index (χ1v) is 7.19. The van der Waals surface area contributed by atoms with Gasteiger partial charge in [-0.05, 0) is 24.3 Å². The van der Waals surface area contributed by atoms with Gasteiger partial charge in [0.25, 0.3) is 0 Å². The highest BCUT2D eigenvalue weighted by atomic mass is 35.5. The third-order valence-electron chi connectivity index (χ3n) is 2.70. The van der Waals surface area contributed by atoms with Crippen molar-refractivity contribution in [3.05, 3.63) is 61.5 Å². The van der Waals surface area contributed by atoms with Gasteiger partial charge < -0.3 is 4.74 Å². The van der Waals surface area contributed by atoms with Crippen LogP contribution in [0.3, 0.4) is 0 Å². The summed E-state index contributed by atoms with van der Waals surface area (Å²) in [7, 11) is 1.56. The third kappa shape index (κ3) is 3.42. The molecule has 0 amide bonds. The second-order valence-corrected chi connectivity index (χ2v) is 5.60. The minimum absolute atomic E-state index is 0.494. The summed E-state index contributed by atoms with van der Waals surface area (Å²) in [4.78, 5) is 0. The van der Waals surface area contributed by atoms with Crippen molar-refractivity contribution in [1.82, 2.24) is 0 Å². The van der Waals surface area contributed by atoms with Gasteiger partial charge >= 0.3 is 0 Å². The zero-order chi connectivity index (χ0) is 14.7. The Labute approximate surface area is 137 Å². The Morgan fingerprint density at radius 1 is 0.800 bits per heavy atom. The quantitative estimate of drug-likeness (QED) is 0.577. The van der Waals surface area contributed by atoms with Gasteiger partial charge in [0.05, 0.1) is 17.2 Å². The predicted octanol–water partition coefficient (Wildman–Crippen LogP) is 6.48. The van der Waals surface area contributed by atoms with Crippen LogP contribution in [-0.2, 0) is 0 Å². The topological polar surface area (TPSA) is 9.23 Å². The minimum Gasteiger partial charge on any atom is -0.497 e. The first-order chi connectivity index (χ1) is 9.52. The van der Waals surface area contributed by atoms with E-state index in [-0.39, 0.29) is 0 Å². The van der Waals surface area contributed by atoms with Crippen molar-refractivity contribution >= 4 is 58.6 Å². The van der Waals surface area contributed by atoms with Crippen LogP contribution in [0.4, 0.5) is 0 Å². The molecule has 1 nitrogen and oxygen atoms in total. The Morgan fingerprint density at radius 2 is 1.25 bits per heavy atom. The number of methoxy groups -OCH3 is 1. The van der Waals surface area contributed by atoms with Crippen LogP contribution in [0.2, 0.25) is 20.1 Å². The van der Waals surface area contributed by atoms with E-state index < -0.39 is 0 Å². The lowest BCUT2D eigenvalue weighted by Crippen LogP contribution is -1.86. The van der Waals surface area contributed by atoms with Gasteiger partial charge in [0.15, 0.2) is 0 Å². The zero-order valence-electron chi connectivity index (χ0n) is 10.5. The van der Waals surface area contributed by atoms with E-state index in [9.17, 15) is 0 Å². The van der Waals surface area contributed by atoms with Crippen molar-refractivity contribution in [1.29, 1.82) is 0 Å². The van der Waals surface area contributed by atoms with Crippen molar-refractivity contribution in [2.75, 3.05) is 7.11 Å². The van der Waals surface area contributed by atoms with Crippen LogP contribution in [0.1, 0.15) is 11.1 Å². The first-order valence-electron chi connectivity index (χ1n) is 5.68. The van der Waals surface area contributed by atoms with Crippen molar-refractivity contribution < 1.29 is 4.74 Å². The smallest absolute Gasteiger partial charge is 0.121 e. The molecule has 2 rings (SSSR count). The number of benzene rings is 2. The maximum atomic E-state index is 6.18. The summed E-state index contributed by atoms with van der Waals surface area (Å²) in [6.07, 6.45) is 3.56. The second kappa shape index (κ2) is 6.73. The fourth-order valence-corrected chi connectivity index (χ4v) is 2.79. The van der Waals surface area contributed by atoms with Crippen LogP contribution in [0, 0.1) is 0 Å². The van der Waals surface area contributed by atoms with Gasteiger partial charge in [0.1, 0.15) is 5.75 Å². The standard InChI is InChI=1S/C15H10Cl4O/c1-20-9-7-14(18)11(15(19)8-9)6-5-10-12(16)3-2-4-13(10)17/h2-8H,1H3/b6-5+. The number of hydrogen-bond donors (Lipinski definition) is 0. The van der Waals surface area contributed by atoms with Crippen molar-refractivity contribution in [3.8, 4) is 5.75 Å². The number of halogens is 4. The Kier molecular flexibility index (Phi) is 5.22. The maximum Gasteiger partial charge on any atom is 0.121 e. The Bertz CT molecular complexity index is 622. The molecule has 2 aromatic carbocycles. The second-order valence-electron chi connectivity index (χ2n) is 3.97. The summed E-state index contributed by atoms with van der Waals surface area (Å²) >= 11 is 24.6. The molecule has 0 aliphatic carbocycles. The van der Waals surface area contributed by atoms with Crippen LogP contribution in [0.5, 0.6) is 5.75 Å². The molecule has 0 unspecified atom stereocenters. The molecule has 104 valence electrons. The van der Waals surface area contributed by atoms with E-state index in [2.05, 4.69) is 0 Å². The highest BCUT2D eigenvalue weighted by Crippen LogP contribution is 2.33. The molecule has 0 aromatic heterocycles. The van der Waals surface area contributed by atoms with Crippen molar-refractivity contribution in [2.24, 2.45) is 0 Å². The fraction of sp³-hybridized carbons (Fsp3) is 0.0667. The van der Waals surface area contributed by atoms with Crippen LogP contribution < -0.4 is 4.74 Å². The lowest BCUT2D eigenvalue weighted by Gasteiger charge is -2.06. The number of rotatable bonds is 3. The van der Waals surface area contributed by atoms with E-state index in [4.69, 9.17) is 51.1 Å². The van der Waals surface area contributed by atoms with E-state index in [1.807, 2.05) is 0 Å². The average molecular weight is 348 g/mol. The third-order valence-corrected chi connectivity index (χ3v) is 3.99. The SMILES string of the molecule is COc1cc(Cl)c(/C=C/c2c(Cl)cccc2Cl)c(Cl)c1. The molecule has 0 bridgehead atoms. The van der Waals surface area contributed by atoms with E-state index in [0.29, 0.717) is 31.4 Å². The lowest BCUT2D eigenvalue weighted by molar-refractivity contribution is 0.415. The van der Waals surface area contributed by atoms with Crippen LogP contribution in [-0.4, -0.2) is 7.11 Å². The van der Waals surface area contributed by atoms with Crippen LogP contribution in [0.25, 0.3) is 12.2 Å². The summed E-state index contributed by atoms with van der Waals surface area (Å²) in [5.74, 6) is 0.605. The van der Waals surface area contributed by atoms with E-state index in [1.165, 1.54) is 0 Å². The molecule has 5 heteroatoms. The largest absolute Gasteiger partial charge is 0.497 e. The fourth-order valence-electron chi connectivity index (χ4n) is 1.67. The molecule has 0 saturated heterocycles. The van der Waals surface area contributed by atoms with Gasteiger partial charge in [0.2, 0.25) is 0 Å². The molecule has 0 atom stereocenters. The molecule has 0 aliphatic rings. The molecule has 20 heavy (non-hydrogen) atoms. The predicted molar refractivity (Wildman–Crippen MR) is 88.4 cm³/mol. The molecule has 0 saturated carbocycles. The molecule has 0 heterocycles.